The summed E-state index contributed by atoms with van der Waals surface area (Å²) >= 11 is 0. The Balaban J connectivity index is 2.86. The molecule has 5 heteroatoms. The minimum absolute atomic E-state index is 0.0425. The van der Waals surface area contributed by atoms with Crippen LogP contribution in [0.3, 0.4) is 0 Å². The number of hydrogen-bond donors (Lipinski definition) is 2. The molecule has 1 aromatic heterocycles. The summed E-state index contributed by atoms with van der Waals surface area (Å²) in [4.78, 5) is 11.2. The molecule has 0 spiro atoms. The minimum atomic E-state index is -0.0425. The molecule has 0 bridgehead atoms. The molecular weight excluding hydrogens is 180 g/mol. The van der Waals surface area contributed by atoms with Crippen LogP contribution in [0.1, 0.15) is 13.8 Å². The van der Waals surface area contributed by atoms with Crippen molar-refractivity contribution in [1.82, 2.24) is 9.78 Å². The first-order valence-corrected chi connectivity index (χ1v) is 4.25. The van der Waals surface area contributed by atoms with Crippen molar-refractivity contribution in [2.24, 2.45) is 5.73 Å². The molecule has 0 saturated carbocycles. The van der Waals surface area contributed by atoms with E-state index in [-0.39, 0.29) is 5.78 Å². The Bertz CT molecular complexity index is 374. The first-order valence-electron chi connectivity index (χ1n) is 4.25. The summed E-state index contributed by atoms with van der Waals surface area (Å²) in [5.74, 6) is -0.0425. The number of nitrogens with zero attached hydrogens (tertiary/aromatic N) is 2. The number of Topliss-reactive ketones (excluding diaryl/α,β-unsaturated/α-hetero) is 1. The number of nitrogens with two attached hydrogens (primary N) is 2. The topological polar surface area (TPSA) is 86.9 Å². The quantitative estimate of drug-likeness (QED) is 0.677. The van der Waals surface area contributed by atoms with Crippen LogP contribution in [0.25, 0.3) is 0 Å². The van der Waals surface area contributed by atoms with Crippen molar-refractivity contribution in [3.05, 3.63) is 23.7 Å². The summed E-state index contributed by atoms with van der Waals surface area (Å²) in [5.41, 5.74) is 12.7. The van der Waals surface area contributed by atoms with E-state index in [1.807, 2.05) is 0 Å². The Labute approximate surface area is 82.4 Å². The van der Waals surface area contributed by atoms with Crippen molar-refractivity contribution in [3.8, 4) is 0 Å². The number of rotatable bonds is 3. The molecule has 0 aliphatic heterocycles. The zero-order valence-corrected chi connectivity index (χ0v) is 8.32. The zero-order valence-electron chi connectivity index (χ0n) is 8.32. The lowest BCUT2D eigenvalue weighted by Gasteiger charge is -2.05. The van der Waals surface area contributed by atoms with E-state index in [4.69, 9.17) is 11.5 Å². The normalized spacial score (nSPS) is 12.4. The van der Waals surface area contributed by atoms with Gasteiger partial charge in [0.1, 0.15) is 0 Å². The third-order valence-corrected chi connectivity index (χ3v) is 1.87. The van der Waals surface area contributed by atoms with Crippen LogP contribution in [0.2, 0.25) is 0 Å². The van der Waals surface area contributed by atoms with E-state index in [1.54, 1.807) is 17.8 Å². The Morgan fingerprint density at radius 3 is 2.57 bits per heavy atom. The average Bonchev–Trinajstić information content (AvgIpc) is 2.46. The number of carbonyl (C=O) groups is 1. The predicted octanol–water partition coefficient (Wildman–Crippen LogP) is 0.287. The van der Waals surface area contributed by atoms with E-state index in [9.17, 15) is 4.79 Å². The Hall–Kier alpha value is -1.78. The van der Waals surface area contributed by atoms with Crippen molar-refractivity contribution >= 4 is 11.5 Å². The van der Waals surface area contributed by atoms with Gasteiger partial charge in [-0.25, -0.2) is 0 Å². The Kier molecular flexibility index (Phi) is 2.91. The molecule has 0 radical (unpaired) electrons. The van der Waals surface area contributed by atoms with E-state index in [0.717, 1.165) is 0 Å². The summed E-state index contributed by atoms with van der Waals surface area (Å²) in [7, 11) is 0. The highest BCUT2D eigenvalue weighted by molar-refractivity contribution is 5.93. The molecule has 0 aromatic carbocycles. The van der Waals surface area contributed by atoms with Gasteiger partial charge in [-0.15, -0.1) is 0 Å². The molecule has 1 heterocycles. The second-order valence-electron chi connectivity index (χ2n) is 3.19. The molecule has 0 aliphatic rings. The fraction of sp³-hybridized carbons (Fsp3) is 0.333. The van der Waals surface area contributed by atoms with Crippen molar-refractivity contribution < 1.29 is 4.79 Å². The van der Waals surface area contributed by atoms with Crippen molar-refractivity contribution in [1.29, 1.82) is 0 Å². The molecule has 0 unspecified atom stereocenters. The maximum absolute atomic E-state index is 11.2. The highest BCUT2D eigenvalue weighted by Crippen LogP contribution is 2.06. The van der Waals surface area contributed by atoms with Crippen LogP contribution in [0.15, 0.2) is 23.7 Å². The highest BCUT2D eigenvalue weighted by atomic mass is 16.1. The van der Waals surface area contributed by atoms with E-state index >= 15 is 0 Å². The molecular formula is C9H14N4O. The van der Waals surface area contributed by atoms with Crippen molar-refractivity contribution in [3.63, 3.8) is 0 Å². The summed E-state index contributed by atoms with van der Waals surface area (Å²) in [6.45, 7) is 3.55. The standard InChI is InChI=1S/C9H14N4O/c1-6(10)9(7(2)14)5-13-4-8(11)3-12-13/h3-4H,5,10-11H2,1-2H3. The molecule has 1 aromatic rings. The van der Waals surface area contributed by atoms with Crippen LogP contribution >= 0.6 is 0 Å². The van der Waals surface area contributed by atoms with Gasteiger partial charge < -0.3 is 11.5 Å². The van der Waals surface area contributed by atoms with E-state index in [2.05, 4.69) is 5.10 Å². The lowest BCUT2D eigenvalue weighted by molar-refractivity contribution is -0.113. The fourth-order valence-electron chi connectivity index (χ4n) is 1.14. The van der Waals surface area contributed by atoms with Crippen LogP contribution < -0.4 is 11.5 Å². The zero-order chi connectivity index (χ0) is 10.7. The van der Waals surface area contributed by atoms with Gasteiger partial charge in [0, 0.05) is 17.5 Å². The average molecular weight is 194 g/mol. The van der Waals surface area contributed by atoms with Crippen LogP contribution in [-0.4, -0.2) is 15.6 Å². The van der Waals surface area contributed by atoms with Gasteiger partial charge in [0.2, 0.25) is 0 Å². The van der Waals surface area contributed by atoms with Gasteiger partial charge >= 0.3 is 0 Å². The SMILES string of the molecule is CC(=O)C(Cn1cc(N)cn1)=C(C)N. The molecule has 1 rings (SSSR count). The van der Waals surface area contributed by atoms with Gasteiger partial charge in [-0.05, 0) is 13.8 Å². The maximum Gasteiger partial charge on any atom is 0.159 e. The second kappa shape index (κ2) is 3.95. The Morgan fingerprint density at radius 1 is 1.57 bits per heavy atom. The molecule has 76 valence electrons. The first kappa shape index (κ1) is 10.3. The summed E-state index contributed by atoms with van der Waals surface area (Å²) in [6.07, 6.45) is 3.19. The summed E-state index contributed by atoms with van der Waals surface area (Å²) in [5, 5.41) is 3.97. The van der Waals surface area contributed by atoms with Gasteiger partial charge in [0.05, 0.1) is 18.4 Å². The van der Waals surface area contributed by atoms with Crippen molar-refractivity contribution in [2.75, 3.05) is 5.73 Å². The van der Waals surface area contributed by atoms with E-state index in [0.29, 0.717) is 23.5 Å². The monoisotopic (exact) mass is 194 g/mol. The van der Waals surface area contributed by atoms with Gasteiger partial charge in [-0.2, -0.15) is 5.10 Å². The van der Waals surface area contributed by atoms with Gasteiger partial charge in [-0.3, -0.25) is 9.48 Å². The van der Waals surface area contributed by atoms with Gasteiger partial charge in [-0.1, -0.05) is 0 Å². The third kappa shape index (κ3) is 2.35. The lowest BCUT2D eigenvalue weighted by atomic mass is 10.1. The van der Waals surface area contributed by atoms with Crippen LogP contribution in [0, 0.1) is 0 Å². The number of ketones is 1. The summed E-state index contributed by atoms with van der Waals surface area (Å²) < 4.78 is 1.59. The molecule has 0 aliphatic carbocycles. The number of aromatic nitrogens is 2. The van der Waals surface area contributed by atoms with Crippen molar-refractivity contribution in [2.45, 2.75) is 20.4 Å². The molecule has 5 nitrogen and oxygen atoms in total. The second-order valence-corrected chi connectivity index (χ2v) is 3.19. The predicted molar refractivity (Wildman–Crippen MR) is 54.2 cm³/mol. The lowest BCUT2D eigenvalue weighted by Crippen LogP contribution is -2.13. The first-order chi connectivity index (χ1) is 6.50. The van der Waals surface area contributed by atoms with Crippen LogP contribution in [-0.2, 0) is 11.3 Å². The maximum atomic E-state index is 11.2. The number of allylic oxidation sites excluding steroid dienone is 2. The Morgan fingerprint density at radius 2 is 2.21 bits per heavy atom. The van der Waals surface area contributed by atoms with Crippen LogP contribution in [0.4, 0.5) is 5.69 Å². The summed E-state index contributed by atoms with van der Waals surface area (Å²) in [6, 6.07) is 0. The number of anilines is 1. The molecule has 0 atom stereocenters. The molecule has 4 N–H and O–H groups in total. The number of hydrogen-bond acceptors (Lipinski definition) is 4. The smallest absolute Gasteiger partial charge is 0.159 e. The largest absolute Gasteiger partial charge is 0.402 e. The highest BCUT2D eigenvalue weighted by Gasteiger charge is 2.07. The number of nitrogen functional groups attached to an aromatic ring is 1. The fourth-order valence-corrected chi connectivity index (χ4v) is 1.14. The minimum Gasteiger partial charge on any atom is -0.402 e. The number of carbonyl (C=O) groups excluding carboxylic acids is 1. The van der Waals surface area contributed by atoms with E-state index < -0.39 is 0 Å². The third-order valence-electron chi connectivity index (χ3n) is 1.87. The molecule has 0 saturated heterocycles. The van der Waals surface area contributed by atoms with E-state index in [1.165, 1.54) is 13.1 Å². The van der Waals surface area contributed by atoms with Crippen LogP contribution in [0.5, 0.6) is 0 Å². The molecule has 0 fully saturated rings. The molecule has 0 amide bonds. The van der Waals surface area contributed by atoms with Gasteiger partial charge in [0.25, 0.3) is 0 Å². The molecule has 14 heavy (non-hydrogen) atoms. The van der Waals surface area contributed by atoms with Gasteiger partial charge in [0.15, 0.2) is 5.78 Å².